The van der Waals surface area contributed by atoms with Crippen molar-refractivity contribution in [1.29, 1.82) is 0 Å². The molecule has 2 N–H and O–H groups in total. The number of nitrogens with zero attached hydrogens (tertiary/aromatic N) is 1. The third-order valence-electron chi connectivity index (χ3n) is 3.21. The van der Waals surface area contributed by atoms with Gasteiger partial charge < -0.3 is 14.8 Å². The third kappa shape index (κ3) is 3.33. The second-order valence-electron chi connectivity index (χ2n) is 5.31. The normalized spacial score (nSPS) is 12.0. The molecule has 2 aromatic rings. The Morgan fingerprint density at radius 2 is 1.73 bits per heavy atom. The predicted molar refractivity (Wildman–Crippen MR) is 79.7 cm³/mol. The summed E-state index contributed by atoms with van der Waals surface area (Å²) in [5.74, 6) is -1.33. The van der Waals surface area contributed by atoms with Crippen molar-refractivity contribution >= 4 is 11.9 Å². The molecule has 0 aliphatic carbocycles. The number of benzene rings is 1. The number of carbonyl (C=O) groups excluding carboxylic acids is 1. The fraction of sp³-hybridized carbons (Fsp3) is 0.312. The highest BCUT2D eigenvalue weighted by Gasteiger charge is 2.26. The summed E-state index contributed by atoms with van der Waals surface area (Å²) in [4.78, 5) is 27.8. The Kier molecular flexibility index (Phi) is 4.30. The van der Waals surface area contributed by atoms with E-state index in [0.29, 0.717) is 17.1 Å². The van der Waals surface area contributed by atoms with Crippen molar-refractivity contribution in [2.24, 2.45) is 0 Å². The summed E-state index contributed by atoms with van der Waals surface area (Å²) < 4.78 is 5.22. The van der Waals surface area contributed by atoms with Crippen molar-refractivity contribution in [3.8, 4) is 0 Å². The second-order valence-corrected chi connectivity index (χ2v) is 5.31. The average Bonchev–Trinajstić information content (AvgIpc) is 2.73. The van der Waals surface area contributed by atoms with Gasteiger partial charge in [0.1, 0.15) is 0 Å². The standard InChI is InChI=1S/C16H18N2O4/c1-8-5-9(2)7-12(6-8)13(16(20)21)18-15(19)14-10(3)17-11(4)22-14/h5-7,13H,1-4H3,(H,18,19)(H,20,21). The van der Waals surface area contributed by atoms with E-state index in [2.05, 4.69) is 10.3 Å². The molecule has 0 radical (unpaired) electrons. The topological polar surface area (TPSA) is 92.4 Å². The minimum atomic E-state index is -1.14. The van der Waals surface area contributed by atoms with E-state index in [1.807, 2.05) is 19.9 Å². The molecule has 0 saturated heterocycles. The molecule has 2 rings (SSSR count). The number of aryl methyl sites for hydroxylation is 4. The van der Waals surface area contributed by atoms with Crippen LogP contribution in [0.3, 0.4) is 0 Å². The number of rotatable bonds is 4. The van der Waals surface area contributed by atoms with Gasteiger partial charge in [0.05, 0.1) is 5.69 Å². The molecular formula is C16H18N2O4. The van der Waals surface area contributed by atoms with Gasteiger partial charge in [-0.15, -0.1) is 0 Å². The lowest BCUT2D eigenvalue weighted by Crippen LogP contribution is -2.34. The molecule has 116 valence electrons. The van der Waals surface area contributed by atoms with E-state index in [1.165, 1.54) is 0 Å². The fourth-order valence-electron chi connectivity index (χ4n) is 2.40. The Morgan fingerprint density at radius 1 is 1.14 bits per heavy atom. The Morgan fingerprint density at radius 3 is 2.18 bits per heavy atom. The molecule has 1 heterocycles. The van der Waals surface area contributed by atoms with Crippen molar-refractivity contribution < 1.29 is 19.1 Å². The maximum atomic E-state index is 12.2. The first-order chi connectivity index (χ1) is 10.3. The highest BCUT2D eigenvalue weighted by Crippen LogP contribution is 2.19. The predicted octanol–water partition coefficient (Wildman–Crippen LogP) is 2.46. The SMILES string of the molecule is Cc1cc(C)cc(C(NC(=O)c2oc(C)nc2C)C(=O)O)c1. The van der Waals surface area contributed by atoms with Gasteiger partial charge in [0.25, 0.3) is 5.91 Å². The van der Waals surface area contributed by atoms with Gasteiger partial charge in [0, 0.05) is 6.92 Å². The maximum Gasteiger partial charge on any atom is 0.330 e. The van der Waals surface area contributed by atoms with Crippen LogP contribution in [0.25, 0.3) is 0 Å². The second kappa shape index (κ2) is 6.01. The van der Waals surface area contributed by atoms with Crippen LogP contribution in [0.5, 0.6) is 0 Å². The van der Waals surface area contributed by atoms with E-state index in [-0.39, 0.29) is 5.76 Å². The summed E-state index contributed by atoms with van der Waals surface area (Å²) in [6.45, 7) is 7.02. The minimum absolute atomic E-state index is 0.0353. The number of carboxylic acid groups (broad SMARTS) is 1. The minimum Gasteiger partial charge on any atom is -0.479 e. The summed E-state index contributed by atoms with van der Waals surface area (Å²) >= 11 is 0. The first-order valence-electron chi connectivity index (χ1n) is 6.84. The molecule has 0 fully saturated rings. The van der Waals surface area contributed by atoms with Crippen molar-refractivity contribution in [2.75, 3.05) is 0 Å². The van der Waals surface area contributed by atoms with Gasteiger partial charge in [-0.3, -0.25) is 4.79 Å². The van der Waals surface area contributed by atoms with Crippen LogP contribution in [0.4, 0.5) is 0 Å². The van der Waals surface area contributed by atoms with E-state index in [9.17, 15) is 14.7 Å². The number of hydrogen-bond acceptors (Lipinski definition) is 4. The largest absolute Gasteiger partial charge is 0.479 e. The quantitative estimate of drug-likeness (QED) is 0.905. The number of oxazole rings is 1. The van der Waals surface area contributed by atoms with Gasteiger partial charge >= 0.3 is 5.97 Å². The number of hydrogen-bond donors (Lipinski definition) is 2. The number of nitrogens with one attached hydrogen (secondary N) is 1. The number of amides is 1. The van der Waals surface area contributed by atoms with Crippen molar-refractivity contribution in [2.45, 2.75) is 33.7 Å². The van der Waals surface area contributed by atoms with Crippen LogP contribution in [0.15, 0.2) is 22.6 Å². The molecular weight excluding hydrogens is 284 g/mol. The summed E-state index contributed by atoms with van der Waals surface area (Å²) in [7, 11) is 0. The molecule has 1 amide bonds. The molecule has 1 atom stereocenters. The van der Waals surface area contributed by atoms with E-state index >= 15 is 0 Å². The molecule has 0 aliphatic rings. The van der Waals surface area contributed by atoms with Gasteiger partial charge in [0.2, 0.25) is 5.76 Å². The average molecular weight is 302 g/mol. The Bertz CT molecular complexity index is 713. The molecule has 0 saturated carbocycles. The smallest absolute Gasteiger partial charge is 0.330 e. The van der Waals surface area contributed by atoms with E-state index in [0.717, 1.165) is 11.1 Å². The highest BCUT2D eigenvalue weighted by atomic mass is 16.4. The van der Waals surface area contributed by atoms with E-state index in [4.69, 9.17) is 4.42 Å². The van der Waals surface area contributed by atoms with Crippen LogP contribution in [-0.2, 0) is 4.79 Å². The number of carbonyl (C=O) groups is 2. The van der Waals surface area contributed by atoms with Crippen LogP contribution in [0.1, 0.15) is 44.9 Å². The zero-order valence-corrected chi connectivity index (χ0v) is 12.9. The Labute approximate surface area is 128 Å². The lowest BCUT2D eigenvalue weighted by atomic mass is 10.0. The molecule has 6 nitrogen and oxygen atoms in total. The van der Waals surface area contributed by atoms with Gasteiger partial charge in [-0.1, -0.05) is 29.3 Å². The van der Waals surface area contributed by atoms with E-state index in [1.54, 1.807) is 26.0 Å². The van der Waals surface area contributed by atoms with Crippen LogP contribution >= 0.6 is 0 Å². The van der Waals surface area contributed by atoms with Crippen molar-refractivity contribution in [3.05, 3.63) is 52.2 Å². The summed E-state index contributed by atoms with van der Waals surface area (Å²) in [5, 5.41) is 11.9. The van der Waals surface area contributed by atoms with Crippen LogP contribution < -0.4 is 5.32 Å². The summed E-state index contributed by atoms with van der Waals surface area (Å²) in [5.41, 5.74) is 2.82. The first kappa shape index (κ1) is 15.8. The van der Waals surface area contributed by atoms with Crippen molar-refractivity contribution in [1.82, 2.24) is 10.3 Å². The van der Waals surface area contributed by atoms with Crippen LogP contribution in [0.2, 0.25) is 0 Å². The molecule has 0 bridgehead atoms. The fourth-order valence-corrected chi connectivity index (χ4v) is 2.40. The lowest BCUT2D eigenvalue weighted by Gasteiger charge is -2.15. The molecule has 1 aromatic carbocycles. The number of aliphatic carboxylic acids is 1. The molecule has 0 aliphatic heterocycles. The number of carboxylic acids is 1. The summed E-state index contributed by atoms with van der Waals surface area (Å²) in [6, 6.07) is 4.28. The van der Waals surface area contributed by atoms with E-state index < -0.39 is 17.9 Å². The zero-order chi connectivity index (χ0) is 16.4. The van der Waals surface area contributed by atoms with Gasteiger partial charge in [0.15, 0.2) is 11.9 Å². The monoisotopic (exact) mass is 302 g/mol. The highest BCUT2D eigenvalue weighted by molar-refractivity contribution is 5.95. The van der Waals surface area contributed by atoms with Crippen LogP contribution in [-0.4, -0.2) is 22.0 Å². The first-order valence-corrected chi connectivity index (χ1v) is 6.84. The third-order valence-corrected chi connectivity index (χ3v) is 3.21. The Balaban J connectivity index is 2.31. The van der Waals surface area contributed by atoms with Gasteiger partial charge in [-0.2, -0.15) is 0 Å². The molecule has 0 spiro atoms. The molecule has 22 heavy (non-hydrogen) atoms. The zero-order valence-electron chi connectivity index (χ0n) is 12.9. The lowest BCUT2D eigenvalue weighted by molar-refractivity contribution is -0.139. The summed E-state index contributed by atoms with van der Waals surface area (Å²) in [6.07, 6.45) is 0. The number of aromatic nitrogens is 1. The maximum absolute atomic E-state index is 12.2. The van der Waals surface area contributed by atoms with Crippen LogP contribution in [0, 0.1) is 27.7 Å². The van der Waals surface area contributed by atoms with Crippen molar-refractivity contribution in [3.63, 3.8) is 0 Å². The van der Waals surface area contributed by atoms with Gasteiger partial charge in [-0.25, -0.2) is 9.78 Å². The molecule has 6 heteroatoms. The Hall–Kier alpha value is -2.63. The molecule has 1 unspecified atom stereocenters. The van der Waals surface area contributed by atoms with Gasteiger partial charge in [-0.05, 0) is 26.3 Å². The molecule has 1 aromatic heterocycles.